The zero-order chi connectivity index (χ0) is 49.9. The fourth-order valence-corrected chi connectivity index (χ4v) is 9.51. The smallest absolute Gasteiger partial charge is 0.306 e. The summed E-state index contributed by atoms with van der Waals surface area (Å²) in [5.41, 5.74) is 0. The van der Waals surface area contributed by atoms with Gasteiger partial charge in [-0.2, -0.15) is 0 Å². The lowest BCUT2D eigenvalue weighted by atomic mass is 10.0. The first-order valence-electron chi connectivity index (χ1n) is 31.0. The van der Waals surface area contributed by atoms with Crippen molar-refractivity contribution in [3.63, 3.8) is 0 Å². The number of aliphatic hydroxyl groups excluding tert-OH is 1. The molecular weight excluding hydrogens is 849 g/mol. The Morgan fingerprint density at radius 3 is 0.870 bits per heavy atom. The second kappa shape index (κ2) is 60.4. The van der Waals surface area contributed by atoms with E-state index in [1.165, 1.54) is 270 Å². The number of allylic oxidation sites excluding steroid dienone is 6. The van der Waals surface area contributed by atoms with Crippen LogP contribution in [-0.4, -0.2) is 36.4 Å². The molecule has 0 rings (SSSR count). The minimum absolute atomic E-state index is 0.0593. The molecule has 0 saturated carbocycles. The van der Waals surface area contributed by atoms with Gasteiger partial charge in [-0.25, -0.2) is 0 Å². The van der Waals surface area contributed by atoms with Crippen LogP contribution in [0.4, 0.5) is 0 Å². The normalized spacial score (nSPS) is 12.3. The van der Waals surface area contributed by atoms with Gasteiger partial charge in [-0.05, 0) is 51.4 Å². The molecule has 0 aromatic carbocycles. The summed E-state index contributed by atoms with van der Waals surface area (Å²) in [6, 6.07) is 0. The van der Waals surface area contributed by atoms with Crippen LogP contribution < -0.4 is 0 Å². The zero-order valence-corrected chi connectivity index (χ0v) is 46.6. The van der Waals surface area contributed by atoms with E-state index < -0.39 is 6.10 Å². The van der Waals surface area contributed by atoms with Gasteiger partial charge in [0.15, 0.2) is 6.10 Å². The Kier molecular flexibility index (Phi) is 58.8. The molecule has 1 unspecified atom stereocenters. The zero-order valence-electron chi connectivity index (χ0n) is 46.6. The molecule has 0 aromatic heterocycles. The topological polar surface area (TPSA) is 72.8 Å². The van der Waals surface area contributed by atoms with E-state index in [9.17, 15) is 14.7 Å². The summed E-state index contributed by atoms with van der Waals surface area (Å²) in [6.45, 7) is 4.18. The van der Waals surface area contributed by atoms with Crippen molar-refractivity contribution >= 4 is 11.9 Å². The highest BCUT2D eigenvalue weighted by atomic mass is 16.6. The third-order valence-electron chi connectivity index (χ3n) is 14.2. The second-order valence-electron chi connectivity index (χ2n) is 21.1. The molecule has 5 heteroatoms. The Morgan fingerprint density at radius 1 is 0.333 bits per heavy atom. The quantitative estimate of drug-likeness (QED) is 0.0373. The molecule has 5 nitrogen and oxygen atoms in total. The first kappa shape index (κ1) is 67.1. The van der Waals surface area contributed by atoms with E-state index in [0.29, 0.717) is 12.8 Å². The van der Waals surface area contributed by atoms with Crippen molar-refractivity contribution in [2.75, 3.05) is 13.2 Å². The number of ether oxygens (including phenoxy) is 2. The Balaban J connectivity index is 3.41. The maximum absolute atomic E-state index is 12.3. The van der Waals surface area contributed by atoms with Gasteiger partial charge in [0.05, 0.1) is 6.61 Å². The first-order valence-corrected chi connectivity index (χ1v) is 31.0. The van der Waals surface area contributed by atoms with Gasteiger partial charge in [-0.15, -0.1) is 0 Å². The van der Waals surface area contributed by atoms with Gasteiger partial charge in [-0.3, -0.25) is 9.59 Å². The van der Waals surface area contributed by atoms with E-state index in [0.717, 1.165) is 44.9 Å². The van der Waals surface area contributed by atoms with Gasteiger partial charge < -0.3 is 14.6 Å². The molecule has 0 amide bonds. The van der Waals surface area contributed by atoms with Crippen LogP contribution in [0.2, 0.25) is 0 Å². The SMILES string of the molecule is CCCCCCC/C=C\C/C=C\C/C=C\CCCCCCCCCCCCCCCCCCCCC(=O)OC(CO)COC(=O)CCCCCCCCCCCCCCCCCCCCCCCC. The molecule has 0 heterocycles. The van der Waals surface area contributed by atoms with Crippen LogP contribution in [0, 0.1) is 0 Å². The highest BCUT2D eigenvalue weighted by molar-refractivity contribution is 5.70. The summed E-state index contributed by atoms with van der Waals surface area (Å²) in [4.78, 5) is 24.6. The number of aliphatic hydroxyl groups is 1. The largest absolute Gasteiger partial charge is 0.462 e. The summed E-state index contributed by atoms with van der Waals surface area (Å²) >= 11 is 0. The molecule has 0 fully saturated rings. The number of hydrogen-bond donors (Lipinski definition) is 1. The van der Waals surface area contributed by atoms with Crippen molar-refractivity contribution in [2.45, 2.75) is 347 Å². The van der Waals surface area contributed by atoms with Gasteiger partial charge in [-0.1, -0.05) is 314 Å². The van der Waals surface area contributed by atoms with Crippen molar-refractivity contribution in [1.29, 1.82) is 0 Å². The highest BCUT2D eigenvalue weighted by Gasteiger charge is 2.16. The third kappa shape index (κ3) is 58.6. The monoisotopic (exact) mass is 969 g/mol. The fraction of sp³-hybridized carbons (Fsp3) is 0.875. The molecule has 0 spiro atoms. The summed E-state index contributed by atoms with van der Waals surface area (Å²) in [5.74, 6) is -0.569. The molecule has 69 heavy (non-hydrogen) atoms. The predicted octanol–water partition coefficient (Wildman–Crippen LogP) is 21.0. The van der Waals surface area contributed by atoms with E-state index in [1.54, 1.807) is 0 Å². The van der Waals surface area contributed by atoms with Gasteiger partial charge in [0, 0.05) is 12.8 Å². The first-order chi connectivity index (χ1) is 34.1. The van der Waals surface area contributed by atoms with E-state index in [4.69, 9.17) is 9.47 Å². The van der Waals surface area contributed by atoms with E-state index in [2.05, 4.69) is 50.3 Å². The highest BCUT2D eigenvalue weighted by Crippen LogP contribution is 2.18. The van der Waals surface area contributed by atoms with Crippen LogP contribution in [0.25, 0.3) is 0 Å². The van der Waals surface area contributed by atoms with Crippen LogP contribution in [0.3, 0.4) is 0 Å². The number of rotatable bonds is 58. The Labute approximate surface area is 431 Å². The van der Waals surface area contributed by atoms with E-state index in [-0.39, 0.29) is 25.2 Å². The van der Waals surface area contributed by atoms with Gasteiger partial charge in [0.1, 0.15) is 6.61 Å². The minimum atomic E-state index is -0.769. The maximum atomic E-state index is 12.3. The molecule has 0 radical (unpaired) electrons. The van der Waals surface area contributed by atoms with Gasteiger partial charge >= 0.3 is 11.9 Å². The standard InChI is InChI=1S/C64H120O5/c1-3-5-7-9-11-13-15-17-19-21-23-25-27-28-29-30-31-32-33-34-35-36-37-39-41-43-45-47-49-51-53-55-57-59-64(67)69-62(60-65)61-68-63(66)58-56-54-52-50-48-46-44-42-40-38-26-24-22-20-18-16-14-12-10-8-6-4-2/h15,17,21,23,27-28,62,65H,3-14,16,18-20,22,24-26,29-61H2,1-2H3/b17-15-,23-21-,28-27-. The summed E-state index contributed by atoms with van der Waals surface area (Å²) < 4.78 is 10.7. The average Bonchev–Trinajstić information content (AvgIpc) is 3.35. The molecule has 0 aliphatic heterocycles. The lowest BCUT2D eigenvalue weighted by Gasteiger charge is -2.15. The Bertz CT molecular complexity index is 1100. The second-order valence-corrected chi connectivity index (χ2v) is 21.1. The van der Waals surface area contributed by atoms with Crippen molar-refractivity contribution in [2.24, 2.45) is 0 Å². The molecular formula is C64H120O5. The van der Waals surface area contributed by atoms with Crippen LogP contribution in [0.15, 0.2) is 36.5 Å². The number of esters is 2. The maximum Gasteiger partial charge on any atom is 0.306 e. The summed E-state index contributed by atoms with van der Waals surface area (Å²) in [7, 11) is 0. The van der Waals surface area contributed by atoms with Crippen molar-refractivity contribution in [3.8, 4) is 0 Å². The molecule has 0 bridgehead atoms. The lowest BCUT2D eigenvalue weighted by Crippen LogP contribution is -2.28. The lowest BCUT2D eigenvalue weighted by molar-refractivity contribution is -0.161. The molecule has 1 N–H and O–H groups in total. The van der Waals surface area contributed by atoms with Crippen LogP contribution in [0.5, 0.6) is 0 Å². The molecule has 0 aliphatic rings. The molecule has 1 atom stereocenters. The predicted molar refractivity (Wildman–Crippen MR) is 302 cm³/mol. The van der Waals surface area contributed by atoms with Gasteiger partial charge in [0.25, 0.3) is 0 Å². The average molecular weight is 970 g/mol. The summed E-state index contributed by atoms with van der Waals surface area (Å²) in [6.07, 6.45) is 78.6. The summed E-state index contributed by atoms with van der Waals surface area (Å²) in [5, 5.41) is 9.67. The van der Waals surface area contributed by atoms with E-state index in [1.807, 2.05) is 0 Å². The number of hydrogen-bond acceptors (Lipinski definition) is 5. The minimum Gasteiger partial charge on any atom is -0.462 e. The van der Waals surface area contributed by atoms with Crippen LogP contribution in [0.1, 0.15) is 341 Å². The Morgan fingerprint density at radius 2 is 0.580 bits per heavy atom. The van der Waals surface area contributed by atoms with Gasteiger partial charge in [0.2, 0.25) is 0 Å². The molecule has 0 aliphatic carbocycles. The Hall–Kier alpha value is -1.88. The van der Waals surface area contributed by atoms with E-state index >= 15 is 0 Å². The number of carbonyl (C=O) groups is 2. The fourth-order valence-electron chi connectivity index (χ4n) is 9.51. The molecule has 406 valence electrons. The van der Waals surface area contributed by atoms with Crippen LogP contribution >= 0.6 is 0 Å². The molecule has 0 aromatic rings. The van der Waals surface area contributed by atoms with Crippen molar-refractivity contribution in [3.05, 3.63) is 36.5 Å². The number of carbonyl (C=O) groups excluding carboxylic acids is 2. The third-order valence-corrected chi connectivity index (χ3v) is 14.2. The van der Waals surface area contributed by atoms with Crippen molar-refractivity contribution in [1.82, 2.24) is 0 Å². The number of unbranched alkanes of at least 4 members (excludes halogenated alkanes) is 44. The van der Waals surface area contributed by atoms with Crippen molar-refractivity contribution < 1.29 is 24.2 Å². The van der Waals surface area contributed by atoms with Crippen LogP contribution in [-0.2, 0) is 19.1 Å². The molecule has 0 saturated heterocycles.